The smallest absolute Gasteiger partial charge is 0.450 e. The van der Waals surface area contributed by atoms with E-state index in [1.165, 1.54) is 128 Å². The molecule has 0 aromatic carbocycles. The molecule has 0 saturated heterocycles. The van der Waals surface area contributed by atoms with Gasteiger partial charge in [-0.2, -0.15) is 0 Å². The van der Waals surface area contributed by atoms with Crippen LogP contribution in [0.1, 0.15) is 154 Å². The van der Waals surface area contributed by atoms with Crippen LogP contribution in [0.25, 0.3) is 0 Å². The van der Waals surface area contributed by atoms with Gasteiger partial charge in [0.1, 0.15) is 0 Å². The van der Waals surface area contributed by atoms with E-state index in [-0.39, 0.29) is 0 Å². The molecule has 0 spiro atoms. The van der Waals surface area contributed by atoms with Crippen molar-refractivity contribution in [2.45, 2.75) is 154 Å². The van der Waals surface area contributed by atoms with Crippen molar-refractivity contribution in [3.05, 3.63) is 0 Å². The summed E-state index contributed by atoms with van der Waals surface area (Å²) in [7, 11) is 0. The summed E-state index contributed by atoms with van der Waals surface area (Å²) in [6.07, 6.45) is 28.3. The average Bonchev–Trinajstić information content (AvgIpc) is 2.85. The van der Waals surface area contributed by atoms with Crippen LogP contribution in [-0.4, -0.2) is 63.2 Å². The van der Waals surface area contributed by atoms with E-state index in [0.29, 0.717) is 26.4 Å². The maximum atomic E-state index is 8.61. The monoisotopic (exact) mass is 522 g/mol. The Morgan fingerprint density at radius 3 is 0.444 bits per heavy atom. The molecular formula is C29H62O7. The minimum atomic E-state index is -1.83. The van der Waals surface area contributed by atoms with Crippen molar-refractivity contribution in [1.82, 2.24) is 0 Å². The van der Waals surface area contributed by atoms with E-state index in [4.69, 9.17) is 35.4 Å². The molecule has 0 atom stereocenters. The summed E-state index contributed by atoms with van der Waals surface area (Å²) >= 11 is 0. The second kappa shape index (κ2) is 41.2. The van der Waals surface area contributed by atoms with Gasteiger partial charge in [-0.05, 0) is 25.7 Å². The summed E-state index contributed by atoms with van der Waals surface area (Å²) in [6.45, 7) is 1.42. The lowest BCUT2D eigenvalue weighted by atomic mass is 10.1. The Bertz CT molecular complexity index is 308. The predicted molar refractivity (Wildman–Crippen MR) is 150 cm³/mol. The highest BCUT2D eigenvalue weighted by Gasteiger charge is 1.94. The molecule has 0 saturated carbocycles. The van der Waals surface area contributed by atoms with Crippen molar-refractivity contribution in [1.29, 1.82) is 0 Å². The number of aliphatic hydroxyl groups excluding tert-OH is 4. The molecule has 0 radical (unpaired) electrons. The number of carbonyl (C=O) groups is 1. The highest BCUT2D eigenvalue weighted by atomic mass is 16.6. The zero-order valence-electron chi connectivity index (χ0n) is 23.4. The molecule has 36 heavy (non-hydrogen) atoms. The topological polar surface area (TPSA) is 138 Å². The molecule has 6 N–H and O–H groups in total. The molecule has 220 valence electrons. The first-order valence-corrected chi connectivity index (χ1v) is 14.9. The molecule has 0 unspecified atom stereocenters. The summed E-state index contributed by atoms with van der Waals surface area (Å²) < 4.78 is 0. The van der Waals surface area contributed by atoms with Gasteiger partial charge in [0, 0.05) is 26.4 Å². The van der Waals surface area contributed by atoms with Gasteiger partial charge in [0.25, 0.3) is 0 Å². The average molecular weight is 523 g/mol. The maximum Gasteiger partial charge on any atom is 0.503 e. The molecule has 0 rings (SSSR count). The van der Waals surface area contributed by atoms with Crippen LogP contribution in [0.5, 0.6) is 0 Å². The van der Waals surface area contributed by atoms with E-state index < -0.39 is 6.16 Å². The maximum absolute atomic E-state index is 8.61. The molecule has 0 aliphatic heterocycles. The van der Waals surface area contributed by atoms with Crippen LogP contribution < -0.4 is 0 Å². The standard InChI is InChI=1S/2C14H30O2.CH2O3/c2*15-13-11-9-7-5-3-1-2-4-6-8-10-12-14-16;2-1(3)4/h2*15-16H,1-14H2;(H2,2,3,4). The largest absolute Gasteiger partial charge is 0.503 e. The predicted octanol–water partition coefficient (Wildman–Crippen LogP) is 7.53. The van der Waals surface area contributed by atoms with E-state index in [2.05, 4.69) is 0 Å². The molecule has 0 aromatic rings. The van der Waals surface area contributed by atoms with Gasteiger partial charge in [-0.1, -0.05) is 128 Å². The lowest BCUT2D eigenvalue weighted by molar-refractivity contribution is 0.137. The summed E-state index contributed by atoms with van der Waals surface area (Å²) in [6, 6.07) is 0. The summed E-state index contributed by atoms with van der Waals surface area (Å²) in [4.78, 5) is 8.56. The van der Waals surface area contributed by atoms with Gasteiger partial charge >= 0.3 is 6.16 Å². The molecule has 0 fully saturated rings. The molecule has 0 aliphatic carbocycles. The summed E-state index contributed by atoms with van der Waals surface area (Å²) in [5.41, 5.74) is 0. The first-order valence-electron chi connectivity index (χ1n) is 14.9. The SMILES string of the molecule is O=C(O)O.OCCCCCCCCCCCCCCO.OCCCCCCCCCCCCCCO. The van der Waals surface area contributed by atoms with E-state index in [9.17, 15) is 0 Å². The third kappa shape index (κ3) is 54.1. The van der Waals surface area contributed by atoms with Crippen LogP contribution in [0.3, 0.4) is 0 Å². The van der Waals surface area contributed by atoms with Gasteiger partial charge in [-0.25, -0.2) is 4.79 Å². The molecule has 7 heteroatoms. The van der Waals surface area contributed by atoms with Crippen LogP contribution >= 0.6 is 0 Å². The molecular weight excluding hydrogens is 460 g/mol. The molecule has 0 aliphatic rings. The van der Waals surface area contributed by atoms with E-state index >= 15 is 0 Å². The van der Waals surface area contributed by atoms with Crippen molar-refractivity contribution in [2.24, 2.45) is 0 Å². The number of hydrogen-bond acceptors (Lipinski definition) is 5. The third-order valence-corrected chi connectivity index (χ3v) is 6.13. The summed E-state index contributed by atoms with van der Waals surface area (Å²) in [5, 5.41) is 48.4. The number of unbranched alkanes of at least 4 members (excludes halogenated alkanes) is 22. The Labute approximate surface area is 222 Å². The minimum Gasteiger partial charge on any atom is -0.450 e. The number of aliphatic hydroxyl groups is 4. The second-order valence-corrected chi connectivity index (χ2v) is 9.66. The minimum absolute atomic E-state index is 0.355. The molecule has 0 heterocycles. The number of hydrogen-bond donors (Lipinski definition) is 6. The fourth-order valence-corrected chi connectivity index (χ4v) is 3.98. The van der Waals surface area contributed by atoms with Crippen molar-refractivity contribution < 1.29 is 35.4 Å². The zero-order chi connectivity index (χ0) is 27.4. The van der Waals surface area contributed by atoms with Crippen molar-refractivity contribution in [2.75, 3.05) is 26.4 Å². The lowest BCUT2D eigenvalue weighted by Crippen LogP contribution is -1.85. The van der Waals surface area contributed by atoms with Crippen LogP contribution in [0.2, 0.25) is 0 Å². The Balaban J connectivity index is -0.000000526. The molecule has 0 aromatic heterocycles. The van der Waals surface area contributed by atoms with Crippen molar-refractivity contribution >= 4 is 6.16 Å². The highest BCUT2D eigenvalue weighted by molar-refractivity contribution is 5.53. The molecule has 0 amide bonds. The van der Waals surface area contributed by atoms with E-state index in [0.717, 1.165) is 25.7 Å². The van der Waals surface area contributed by atoms with E-state index in [1.54, 1.807) is 0 Å². The van der Waals surface area contributed by atoms with Gasteiger partial charge in [0.05, 0.1) is 0 Å². The van der Waals surface area contributed by atoms with Crippen LogP contribution in [0.15, 0.2) is 0 Å². The van der Waals surface area contributed by atoms with Crippen molar-refractivity contribution in [3.63, 3.8) is 0 Å². The third-order valence-electron chi connectivity index (χ3n) is 6.13. The zero-order valence-corrected chi connectivity index (χ0v) is 23.4. The van der Waals surface area contributed by atoms with Gasteiger partial charge in [-0.15, -0.1) is 0 Å². The van der Waals surface area contributed by atoms with Crippen molar-refractivity contribution in [3.8, 4) is 0 Å². The van der Waals surface area contributed by atoms with E-state index in [1.807, 2.05) is 0 Å². The fourth-order valence-electron chi connectivity index (χ4n) is 3.98. The molecule has 7 nitrogen and oxygen atoms in total. The second-order valence-electron chi connectivity index (χ2n) is 9.66. The Morgan fingerprint density at radius 2 is 0.361 bits per heavy atom. The highest BCUT2D eigenvalue weighted by Crippen LogP contribution is 2.12. The number of carboxylic acid groups (broad SMARTS) is 2. The van der Waals surface area contributed by atoms with Gasteiger partial charge in [0.2, 0.25) is 0 Å². The van der Waals surface area contributed by atoms with Crippen LogP contribution in [0.4, 0.5) is 4.79 Å². The Hall–Kier alpha value is -0.890. The molecule has 0 bridgehead atoms. The fraction of sp³-hybridized carbons (Fsp3) is 0.966. The first-order chi connectivity index (χ1) is 17.6. The van der Waals surface area contributed by atoms with Gasteiger partial charge in [-0.3, -0.25) is 0 Å². The van der Waals surface area contributed by atoms with Crippen LogP contribution in [0, 0.1) is 0 Å². The lowest BCUT2D eigenvalue weighted by Gasteiger charge is -2.02. The Morgan fingerprint density at radius 1 is 0.278 bits per heavy atom. The van der Waals surface area contributed by atoms with Gasteiger partial charge < -0.3 is 30.6 Å². The Kier molecular flexibility index (Phi) is 45.4. The van der Waals surface area contributed by atoms with Crippen LogP contribution in [-0.2, 0) is 0 Å². The number of rotatable bonds is 26. The first kappa shape index (κ1) is 39.6. The summed E-state index contributed by atoms with van der Waals surface area (Å²) in [5.74, 6) is 0. The van der Waals surface area contributed by atoms with Gasteiger partial charge in [0.15, 0.2) is 0 Å². The quantitative estimate of drug-likeness (QED) is 0.0645. The normalized spacial score (nSPS) is 10.3.